The highest BCUT2D eigenvalue weighted by Gasteiger charge is 2.48. The first-order valence-electron chi connectivity index (χ1n) is 13.9. The lowest BCUT2D eigenvalue weighted by Gasteiger charge is -2.34. The van der Waals surface area contributed by atoms with E-state index in [1.54, 1.807) is 30.3 Å². The number of carbonyl (C=O) groups is 2. The van der Waals surface area contributed by atoms with Gasteiger partial charge in [0.2, 0.25) is 10.0 Å². The summed E-state index contributed by atoms with van der Waals surface area (Å²) < 4.78 is 69.3. The third kappa shape index (κ3) is 6.48. The number of hydrogen-bond donors (Lipinski definition) is 2. The average Bonchev–Trinajstić information content (AvgIpc) is 3.28. The predicted octanol–water partition coefficient (Wildman–Crippen LogP) is 4.77. The topological polar surface area (TPSA) is 108 Å². The van der Waals surface area contributed by atoms with Gasteiger partial charge in [-0.25, -0.2) is 12.7 Å². The number of piperidine rings is 1. The summed E-state index contributed by atoms with van der Waals surface area (Å²) in [6.07, 6.45) is 0.709. The van der Waals surface area contributed by atoms with Crippen LogP contribution in [0.3, 0.4) is 0 Å². The van der Waals surface area contributed by atoms with E-state index in [1.807, 2.05) is 0 Å². The Labute approximate surface area is 237 Å². The Morgan fingerprint density at radius 1 is 1.05 bits per heavy atom. The Balaban J connectivity index is 1.23. The van der Waals surface area contributed by atoms with E-state index in [0.29, 0.717) is 11.4 Å². The highest BCUT2D eigenvalue weighted by atomic mass is 32.2. The van der Waals surface area contributed by atoms with Crippen LogP contribution >= 0.6 is 0 Å². The molecule has 41 heavy (non-hydrogen) atoms. The van der Waals surface area contributed by atoms with E-state index in [9.17, 15) is 31.2 Å². The van der Waals surface area contributed by atoms with E-state index in [-0.39, 0.29) is 55.4 Å². The van der Waals surface area contributed by atoms with Crippen molar-refractivity contribution in [2.24, 2.45) is 10.9 Å². The second-order valence-electron chi connectivity index (χ2n) is 11.0. The number of rotatable bonds is 7. The third-order valence-corrected chi connectivity index (χ3v) is 10.1. The first-order valence-corrected chi connectivity index (χ1v) is 15.5. The molecule has 8 nitrogen and oxygen atoms in total. The van der Waals surface area contributed by atoms with Crippen molar-refractivity contribution >= 4 is 33.4 Å². The molecule has 0 bridgehead atoms. The van der Waals surface area contributed by atoms with Crippen molar-refractivity contribution in [2.45, 2.75) is 63.1 Å². The van der Waals surface area contributed by atoms with Crippen LogP contribution < -0.4 is 10.6 Å². The molecule has 1 spiro atoms. The van der Waals surface area contributed by atoms with Crippen LogP contribution in [-0.2, 0) is 27.4 Å². The lowest BCUT2D eigenvalue weighted by Crippen LogP contribution is -2.51. The Hall–Kier alpha value is -3.25. The fourth-order valence-corrected chi connectivity index (χ4v) is 7.36. The van der Waals surface area contributed by atoms with E-state index >= 15 is 0 Å². The summed E-state index contributed by atoms with van der Waals surface area (Å²) in [7, 11) is -3.89. The van der Waals surface area contributed by atoms with E-state index in [2.05, 4.69) is 10.6 Å². The maximum absolute atomic E-state index is 13.9. The molecule has 0 aromatic heterocycles. The Bertz CT molecular complexity index is 1430. The van der Waals surface area contributed by atoms with Gasteiger partial charge in [-0.1, -0.05) is 43.5 Å². The molecule has 3 aliphatic rings. The van der Waals surface area contributed by atoms with Gasteiger partial charge in [-0.15, -0.1) is 0 Å². The lowest BCUT2D eigenvalue weighted by molar-refractivity contribution is -0.138. The standard InChI is InChI=1S/C29H33F3N4O4S/c30-29(31,32)24-19-23(33-26(37)22-9-5-2-6-10-22)12-11-20(24)13-18-41(39,40)36-16-14-28(15-17-36)27(38)34-25(35-28)21-7-3-1-4-8-21/h2,5-6,9-12,19,21H,1,3-4,7-8,13-18H2,(H,33,37)(H,34,35,38). The van der Waals surface area contributed by atoms with Crippen LogP contribution in [0.4, 0.5) is 18.9 Å². The van der Waals surface area contributed by atoms with Crippen LogP contribution in [-0.4, -0.2) is 54.8 Å². The fourth-order valence-electron chi connectivity index (χ4n) is 5.88. The van der Waals surface area contributed by atoms with Crippen molar-refractivity contribution in [1.29, 1.82) is 0 Å². The fraction of sp³-hybridized carbons (Fsp3) is 0.483. The molecular weight excluding hydrogens is 557 g/mol. The van der Waals surface area contributed by atoms with Gasteiger partial charge in [0.1, 0.15) is 11.4 Å². The molecule has 0 atom stereocenters. The Kier molecular flexibility index (Phi) is 8.24. The van der Waals surface area contributed by atoms with Gasteiger partial charge < -0.3 is 10.6 Å². The molecule has 2 heterocycles. The molecule has 1 saturated carbocycles. The molecular formula is C29H33F3N4O4S. The molecule has 5 rings (SSSR count). The molecule has 12 heteroatoms. The molecule has 0 radical (unpaired) electrons. The zero-order chi connectivity index (χ0) is 29.3. The van der Waals surface area contributed by atoms with E-state index in [0.717, 1.165) is 31.7 Å². The number of amides is 2. The van der Waals surface area contributed by atoms with Crippen LogP contribution in [0, 0.1) is 5.92 Å². The Morgan fingerprint density at radius 3 is 2.39 bits per heavy atom. The molecule has 2 amide bonds. The zero-order valence-electron chi connectivity index (χ0n) is 22.5. The quantitative estimate of drug-likeness (QED) is 0.484. The highest BCUT2D eigenvalue weighted by molar-refractivity contribution is 7.89. The number of nitrogens with zero attached hydrogens (tertiary/aromatic N) is 2. The molecule has 2 fully saturated rings. The van der Waals surface area contributed by atoms with Gasteiger partial charge in [0.25, 0.3) is 11.8 Å². The monoisotopic (exact) mass is 590 g/mol. The number of aryl methyl sites for hydroxylation is 1. The van der Waals surface area contributed by atoms with Gasteiger partial charge in [0, 0.05) is 30.3 Å². The minimum absolute atomic E-state index is 0.0397. The van der Waals surface area contributed by atoms with Crippen molar-refractivity contribution in [2.75, 3.05) is 24.2 Å². The van der Waals surface area contributed by atoms with Gasteiger partial charge in [-0.05, 0) is 61.9 Å². The average molecular weight is 591 g/mol. The number of benzene rings is 2. The van der Waals surface area contributed by atoms with E-state index < -0.39 is 39.0 Å². The number of hydrogen-bond acceptors (Lipinski definition) is 5. The first-order chi connectivity index (χ1) is 19.5. The zero-order valence-corrected chi connectivity index (χ0v) is 23.4. The van der Waals surface area contributed by atoms with Crippen LogP contribution in [0.5, 0.6) is 0 Å². The number of nitrogens with one attached hydrogen (secondary N) is 2. The lowest BCUT2D eigenvalue weighted by atomic mass is 9.88. The summed E-state index contributed by atoms with van der Waals surface area (Å²) in [4.78, 5) is 30.0. The number of alkyl halides is 3. The largest absolute Gasteiger partial charge is 0.416 e. The van der Waals surface area contributed by atoms with Crippen LogP contribution in [0.25, 0.3) is 0 Å². The van der Waals surface area contributed by atoms with Gasteiger partial charge in [-0.3, -0.25) is 14.6 Å². The van der Waals surface area contributed by atoms with Crippen molar-refractivity contribution in [3.63, 3.8) is 0 Å². The second-order valence-corrected chi connectivity index (χ2v) is 13.1. The van der Waals surface area contributed by atoms with Crippen LogP contribution in [0.15, 0.2) is 53.5 Å². The minimum Gasteiger partial charge on any atom is -0.322 e. The first kappa shape index (κ1) is 29.2. The van der Waals surface area contributed by atoms with Gasteiger partial charge in [-0.2, -0.15) is 13.2 Å². The summed E-state index contributed by atoms with van der Waals surface area (Å²) >= 11 is 0. The van der Waals surface area contributed by atoms with Crippen molar-refractivity contribution < 1.29 is 31.2 Å². The minimum atomic E-state index is -4.74. The van der Waals surface area contributed by atoms with Gasteiger partial charge >= 0.3 is 6.18 Å². The third-order valence-electron chi connectivity index (χ3n) is 8.27. The summed E-state index contributed by atoms with van der Waals surface area (Å²) in [6, 6.07) is 11.5. The molecule has 1 saturated heterocycles. The summed E-state index contributed by atoms with van der Waals surface area (Å²) in [6.45, 7) is 0.154. The van der Waals surface area contributed by atoms with Crippen LogP contribution in [0.2, 0.25) is 0 Å². The molecule has 2 aromatic carbocycles. The molecule has 2 aromatic rings. The number of sulfonamides is 1. The summed E-state index contributed by atoms with van der Waals surface area (Å²) in [5.74, 6) is -0.307. The van der Waals surface area contributed by atoms with Crippen molar-refractivity contribution in [3.05, 3.63) is 65.2 Å². The Morgan fingerprint density at radius 2 is 1.73 bits per heavy atom. The van der Waals surface area contributed by atoms with E-state index in [1.165, 1.54) is 22.9 Å². The number of aliphatic imine (C=N–C) groups is 1. The second kappa shape index (κ2) is 11.6. The van der Waals surface area contributed by atoms with Crippen molar-refractivity contribution in [1.82, 2.24) is 9.62 Å². The molecule has 0 unspecified atom stereocenters. The number of anilines is 1. The maximum atomic E-state index is 13.9. The number of carbonyl (C=O) groups excluding carboxylic acids is 2. The van der Waals surface area contributed by atoms with Crippen molar-refractivity contribution in [3.8, 4) is 0 Å². The molecule has 2 aliphatic heterocycles. The maximum Gasteiger partial charge on any atom is 0.416 e. The van der Waals surface area contributed by atoms with Gasteiger partial charge in [0.05, 0.1) is 11.3 Å². The smallest absolute Gasteiger partial charge is 0.322 e. The number of amidine groups is 1. The molecule has 2 N–H and O–H groups in total. The predicted molar refractivity (Wildman–Crippen MR) is 149 cm³/mol. The van der Waals surface area contributed by atoms with Gasteiger partial charge in [0.15, 0.2) is 0 Å². The number of halogens is 3. The molecule has 1 aliphatic carbocycles. The van der Waals surface area contributed by atoms with E-state index in [4.69, 9.17) is 4.99 Å². The molecule has 220 valence electrons. The summed E-state index contributed by atoms with van der Waals surface area (Å²) in [5, 5.41) is 5.41. The normalized spacial score (nSPS) is 20.1. The highest BCUT2D eigenvalue weighted by Crippen LogP contribution is 2.36. The SMILES string of the molecule is O=C(Nc1ccc(CCS(=O)(=O)N2CCC3(CC2)N=C(C2CCCCC2)NC3=O)c(C(F)(F)F)c1)c1ccccc1. The summed E-state index contributed by atoms with van der Waals surface area (Å²) in [5.41, 5.74) is -1.89. The van der Waals surface area contributed by atoms with Crippen LogP contribution in [0.1, 0.15) is 66.4 Å².